The highest BCUT2D eigenvalue weighted by Crippen LogP contribution is 2.29. The van der Waals surface area contributed by atoms with Crippen LogP contribution in [-0.2, 0) is 0 Å². The standard InChI is InChI=1S/C19H25NO2/c1-14-9-10-19(22-3)17(13-14)15(2)20-18(11-12-21)16-7-5-4-6-8-16/h4-10,13,15,18,20-21H,11-12H2,1-3H3/t15-,18-/m1/s1. The van der Waals surface area contributed by atoms with E-state index >= 15 is 0 Å². The van der Waals surface area contributed by atoms with Crippen LogP contribution in [0.3, 0.4) is 0 Å². The summed E-state index contributed by atoms with van der Waals surface area (Å²) in [5, 5.41) is 13.0. The van der Waals surface area contributed by atoms with Crippen LogP contribution in [0.25, 0.3) is 0 Å². The molecule has 0 aliphatic rings. The molecule has 0 unspecified atom stereocenters. The summed E-state index contributed by atoms with van der Waals surface area (Å²) in [4.78, 5) is 0. The van der Waals surface area contributed by atoms with Crippen molar-refractivity contribution in [1.29, 1.82) is 0 Å². The van der Waals surface area contributed by atoms with E-state index in [-0.39, 0.29) is 18.7 Å². The minimum Gasteiger partial charge on any atom is -0.496 e. The van der Waals surface area contributed by atoms with E-state index in [1.807, 2.05) is 24.3 Å². The predicted octanol–water partition coefficient (Wildman–Crippen LogP) is 3.78. The van der Waals surface area contributed by atoms with E-state index in [1.165, 1.54) is 11.1 Å². The van der Waals surface area contributed by atoms with Gasteiger partial charge in [-0.05, 0) is 31.9 Å². The van der Waals surface area contributed by atoms with Crippen LogP contribution in [0.2, 0.25) is 0 Å². The monoisotopic (exact) mass is 299 g/mol. The molecule has 0 heterocycles. The first-order valence-corrected chi connectivity index (χ1v) is 7.72. The Bertz CT molecular complexity index is 583. The van der Waals surface area contributed by atoms with Crippen molar-refractivity contribution in [2.75, 3.05) is 13.7 Å². The molecule has 118 valence electrons. The molecule has 2 N–H and O–H groups in total. The van der Waals surface area contributed by atoms with Gasteiger partial charge in [-0.25, -0.2) is 0 Å². The third-order valence-electron chi connectivity index (χ3n) is 3.92. The highest BCUT2D eigenvalue weighted by atomic mass is 16.5. The van der Waals surface area contributed by atoms with E-state index in [0.717, 1.165) is 11.3 Å². The van der Waals surface area contributed by atoms with Gasteiger partial charge in [-0.1, -0.05) is 48.0 Å². The molecule has 2 aromatic rings. The Morgan fingerprint density at radius 2 is 1.86 bits per heavy atom. The van der Waals surface area contributed by atoms with Gasteiger partial charge in [-0.15, -0.1) is 0 Å². The zero-order valence-corrected chi connectivity index (χ0v) is 13.5. The second-order valence-corrected chi connectivity index (χ2v) is 5.61. The summed E-state index contributed by atoms with van der Waals surface area (Å²) in [6.07, 6.45) is 0.683. The normalized spacial score (nSPS) is 13.6. The van der Waals surface area contributed by atoms with Crippen LogP contribution in [0.1, 0.15) is 42.1 Å². The van der Waals surface area contributed by atoms with Gasteiger partial charge in [-0.2, -0.15) is 0 Å². The summed E-state index contributed by atoms with van der Waals surface area (Å²) in [5.74, 6) is 0.890. The van der Waals surface area contributed by atoms with E-state index in [9.17, 15) is 5.11 Å². The molecule has 0 aromatic heterocycles. The van der Waals surface area contributed by atoms with Crippen molar-refractivity contribution in [3.63, 3.8) is 0 Å². The van der Waals surface area contributed by atoms with Gasteiger partial charge in [0.25, 0.3) is 0 Å². The molecule has 0 aliphatic carbocycles. The van der Waals surface area contributed by atoms with Crippen LogP contribution in [0.15, 0.2) is 48.5 Å². The first-order chi connectivity index (χ1) is 10.7. The maximum absolute atomic E-state index is 9.36. The lowest BCUT2D eigenvalue weighted by Gasteiger charge is -2.25. The molecule has 2 rings (SSSR count). The lowest BCUT2D eigenvalue weighted by atomic mass is 9.99. The Balaban J connectivity index is 2.21. The maximum atomic E-state index is 9.36. The Hall–Kier alpha value is -1.84. The van der Waals surface area contributed by atoms with Crippen molar-refractivity contribution < 1.29 is 9.84 Å². The van der Waals surface area contributed by atoms with Crippen molar-refractivity contribution in [2.45, 2.75) is 32.4 Å². The Morgan fingerprint density at radius 3 is 2.50 bits per heavy atom. The maximum Gasteiger partial charge on any atom is 0.123 e. The molecule has 3 heteroatoms. The van der Waals surface area contributed by atoms with Crippen molar-refractivity contribution in [3.8, 4) is 5.75 Å². The SMILES string of the molecule is COc1ccc(C)cc1[C@@H](C)N[C@H](CCO)c1ccccc1. The molecule has 0 spiro atoms. The quantitative estimate of drug-likeness (QED) is 0.817. The first-order valence-electron chi connectivity index (χ1n) is 7.72. The number of aliphatic hydroxyl groups excluding tert-OH is 1. The van der Waals surface area contributed by atoms with Crippen molar-refractivity contribution in [1.82, 2.24) is 5.32 Å². The average Bonchev–Trinajstić information content (AvgIpc) is 2.55. The molecule has 2 atom stereocenters. The molecule has 0 bridgehead atoms. The third kappa shape index (κ3) is 4.09. The smallest absolute Gasteiger partial charge is 0.123 e. The lowest BCUT2D eigenvalue weighted by molar-refractivity contribution is 0.259. The van der Waals surface area contributed by atoms with E-state index in [0.29, 0.717) is 6.42 Å². The van der Waals surface area contributed by atoms with Crippen LogP contribution >= 0.6 is 0 Å². The van der Waals surface area contributed by atoms with Gasteiger partial charge in [0.1, 0.15) is 5.75 Å². The number of ether oxygens (including phenoxy) is 1. The lowest BCUT2D eigenvalue weighted by Crippen LogP contribution is -2.26. The van der Waals surface area contributed by atoms with Crippen LogP contribution in [0.5, 0.6) is 5.75 Å². The van der Waals surface area contributed by atoms with Gasteiger partial charge in [0.15, 0.2) is 0 Å². The third-order valence-corrected chi connectivity index (χ3v) is 3.92. The molecule has 0 aliphatic heterocycles. The second kappa shape index (κ2) is 7.97. The van der Waals surface area contributed by atoms with Crippen molar-refractivity contribution >= 4 is 0 Å². The summed E-state index contributed by atoms with van der Waals surface area (Å²) < 4.78 is 5.48. The summed E-state index contributed by atoms with van der Waals surface area (Å²) in [5.41, 5.74) is 3.54. The summed E-state index contributed by atoms with van der Waals surface area (Å²) >= 11 is 0. The highest BCUT2D eigenvalue weighted by Gasteiger charge is 2.17. The summed E-state index contributed by atoms with van der Waals surface area (Å²) in [7, 11) is 1.70. The highest BCUT2D eigenvalue weighted by molar-refractivity contribution is 5.39. The fourth-order valence-electron chi connectivity index (χ4n) is 2.74. The topological polar surface area (TPSA) is 41.5 Å². The molecule has 2 aromatic carbocycles. The van der Waals surface area contributed by atoms with Crippen LogP contribution in [0, 0.1) is 6.92 Å². The Morgan fingerprint density at radius 1 is 1.14 bits per heavy atom. The number of methoxy groups -OCH3 is 1. The molecular formula is C19H25NO2. The molecule has 0 fully saturated rings. The zero-order valence-electron chi connectivity index (χ0n) is 13.5. The molecule has 22 heavy (non-hydrogen) atoms. The minimum atomic E-state index is 0.117. The molecule has 0 saturated carbocycles. The van der Waals surface area contributed by atoms with E-state index in [1.54, 1.807) is 7.11 Å². The molecule has 0 saturated heterocycles. The van der Waals surface area contributed by atoms with Gasteiger partial charge in [0.2, 0.25) is 0 Å². The number of nitrogens with one attached hydrogen (secondary N) is 1. The predicted molar refractivity (Wildman–Crippen MR) is 90.2 cm³/mol. The van der Waals surface area contributed by atoms with Crippen molar-refractivity contribution in [3.05, 3.63) is 65.2 Å². The number of aliphatic hydroxyl groups is 1. The molecule has 0 radical (unpaired) electrons. The zero-order chi connectivity index (χ0) is 15.9. The largest absolute Gasteiger partial charge is 0.496 e. The van der Waals surface area contributed by atoms with Gasteiger partial charge in [-0.3, -0.25) is 0 Å². The second-order valence-electron chi connectivity index (χ2n) is 5.61. The number of hydrogen-bond donors (Lipinski definition) is 2. The van der Waals surface area contributed by atoms with Crippen molar-refractivity contribution in [2.24, 2.45) is 0 Å². The summed E-state index contributed by atoms with van der Waals surface area (Å²) in [6.45, 7) is 4.37. The van der Waals surface area contributed by atoms with E-state index in [2.05, 4.69) is 43.4 Å². The Labute approximate surface area is 133 Å². The molecule has 0 amide bonds. The number of aryl methyl sites for hydroxylation is 1. The van der Waals surface area contributed by atoms with Gasteiger partial charge >= 0.3 is 0 Å². The number of benzene rings is 2. The fourth-order valence-corrected chi connectivity index (χ4v) is 2.74. The molecular weight excluding hydrogens is 274 g/mol. The van der Waals surface area contributed by atoms with Gasteiger partial charge < -0.3 is 15.2 Å². The van der Waals surface area contributed by atoms with E-state index < -0.39 is 0 Å². The molecule has 3 nitrogen and oxygen atoms in total. The minimum absolute atomic E-state index is 0.117. The van der Waals surface area contributed by atoms with E-state index in [4.69, 9.17) is 4.74 Å². The number of hydrogen-bond acceptors (Lipinski definition) is 3. The van der Waals surface area contributed by atoms with Gasteiger partial charge in [0.05, 0.1) is 7.11 Å². The summed E-state index contributed by atoms with van der Waals surface area (Å²) in [6, 6.07) is 16.7. The van der Waals surface area contributed by atoms with Gasteiger partial charge in [0, 0.05) is 24.3 Å². The van der Waals surface area contributed by atoms with Crippen LogP contribution in [-0.4, -0.2) is 18.8 Å². The average molecular weight is 299 g/mol. The van der Waals surface area contributed by atoms with Crippen LogP contribution < -0.4 is 10.1 Å². The number of rotatable bonds is 7. The first kappa shape index (κ1) is 16.5. The van der Waals surface area contributed by atoms with Crippen LogP contribution in [0.4, 0.5) is 0 Å². The fraction of sp³-hybridized carbons (Fsp3) is 0.368. The Kier molecular flexibility index (Phi) is 5.99.